The topological polar surface area (TPSA) is 83.1 Å². The van der Waals surface area contributed by atoms with E-state index in [4.69, 9.17) is 11.6 Å². The number of nitrogens with zero attached hydrogens (tertiary/aromatic N) is 1. The van der Waals surface area contributed by atoms with Gasteiger partial charge in [0, 0.05) is 25.6 Å². The van der Waals surface area contributed by atoms with Gasteiger partial charge in [-0.1, -0.05) is 24.6 Å². The second kappa shape index (κ2) is 8.44. The van der Waals surface area contributed by atoms with Crippen LogP contribution < -0.4 is 16.0 Å². The van der Waals surface area contributed by atoms with Crippen molar-refractivity contribution in [1.29, 1.82) is 0 Å². The molecule has 3 N–H and O–H groups in total. The number of hydrogen-bond donors (Lipinski definition) is 3. The van der Waals surface area contributed by atoms with Crippen LogP contribution in [0.15, 0.2) is 18.2 Å². The maximum absolute atomic E-state index is 11.8. The van der Waals surface area contributed by atoms with Gasteiger partial charge in [-0.15, -0.1) is 0 Å². The summed E-state index contributed by atoms with van der Waals surface area (Å²) in [7, 11) is 0. The molecule has 0 spiro atoms. The van der Waals surface area contributed by atoms with Crippen molar-refractivity contribution in [1.82, 2.24) is 15.6 Å². The Morgan fingerprint density at radius 2 is 2.26 bits per heavy atom. The summed E-state index contributed by atoms with van der Waals surface area (Å²) < 4.78 is 0. The number of amides is 2. The lowest BCUT2D eigenvalue weighted by atomic mass is 10.1. The smallest absolute Gasteiger partial charge is 0.229 e. The fraction of sp³-hybridized carbons (Fsp3) is 0.417. The SMILES string of the molecule is CC(CNCCNC=O)C(=O)Nc1cccc(Cl)n1. The van der Waals surface area contributed by atoms with E-state index in [9.17, 15) is 9.59 Å². The summed E-state index contributed by atoms with van der Waals surface area (Å²) >= 11 is 5.73. The van der Waals surface area contributed by atoms with Gasteiger partial charge in [0.25, 0.3) is 0 Å². The van der Waals surface area contributed by atoms with Crippen molar-refractivity contribution in [3.63, 3.8) is 0 Å². The summed E-state index contributed by atoms with van der Waals surface area (Å²) in [6.07, 6.45) is 0.641. The Bertz CT molecular complexity index is 428. The van der Waals surface area contributed by atoms with Crippen LogP contribution in [0.3, 0.4) is 0 Å². The molecule has 0 aliphatic rings. The number of rotatable bonds is 8. The van der Waals surface area contributed by atoms with Crippen LogP contribution in [0.1, 0.15) is 6.92 Å². The van der Waals surface area contributed by atoms with Crippen LogP contribution in [0.4, 0.5) is 5.82 Å². The first-order chi connectivity index (χ1) is 9.13. The number of nitrogens with one attached hydrogen (secondary N) is 3. The summed E-state index contributed by atoms with van der Waals surface area (Å²) in [5, 5.41) is 8.62. The predicted octanol–water partition coefficient (Wildman–Crippen LogP) is 0.645. The Labute approximate surface area is 116 Å². The van der Waals surface area contributed by atoms with E-state index in [0.717, 1.165) is 0 Å². The zero-order valence-corrected chi connectivity index (χ0v) is 11.4. The fourth-order valence-corrected chi connectivity index (χ4v) is 1.52. The Morgan fingerprint density at radius 1 is 1.47 bits per heavy atom. The minimum Gasteiger partial charge on any atom is -0.357 e. The molecule has 0 saturated carbocycles. The van der Waals surface area contributed by atoms with Gasteiger partial charge in [0.05, 0.1) is 0 Å². The van der Waals surface area contributed by atoms with Crippen molar-refractivity contribution in [3.05, 3.63) is 23.4 Å². The standard InChI is InChI=1S/C12H17ClN4O2/c1-9(7-14-5-6-15-8-18)12(19)17-11-4-2-3-10(13)16-11/h2-4,8-9,14H,5-7H2,1H3,(H,15,18)(H,16,17,19). The Hall–Kier alpha value is -1.66. The lowest BCUT2D eigenvalue weighted by Gasteiger charge is -2.12. The Kier molecular flexibility index (Phi) is 6.84. The summed E-state index contributed by atoms with van der Waals surface area (Å²) in [4.78, 5) is 25.8. The van der Waals surface area contributed by atoms with Crippen molar-refractivity contribution < 1.29 is 9.59 Å². The number of carbonyl (C=O) groups is 2. The molecule has 19 heavy (non-hydrogen) atoms. The highest BCUT2D eigenvalue weighted by Crippen LogP contribution is 2.10. The first-order valence-electron chi connectivity index (χ1n) is 5.94. The molecule has 2 amide bonds. The molecule has 6 nitrogen and oxygen atoms in total. The zero-order chi connectivity index (χ0) is 14.1. The van der Waals surface area contributed by atoms with Crippen LogP contribution in [-0.2, 0) is 9.59 Å². The average molecular weight is 285 g/mol. The van der Waals surface area contributed by atoms with E-state index in [2.05, 4.69) is 20.9 Å². The molecule has 0 aliphatic carbocycles. The van der Waals surface area contributed by atoms with Crippen LogP contribution in [-0.4, -0.2) is 36.9 Å². The van der Waals surface area contributed by atoms with Gasteiger partial charge in [0.15, 0.2) is 0 Å². The van der Waals surface area contributed by atoms with Crippen LogP contribution in [0, 0.1) is 5.92 Å². The van der Waals surface area contributed by atoms with Gasteiger partial charge in [0.1, 0.15) is 11.0 Å². The van der Waals surface area contributed by atoms with Crippen LogP contribution in [0.25, 0.3) is 0 Å². The molecule has 0 fully saturated rings. The second-order valence-corrected chi connectivity index (χ2v) is 4.40. The van der Waals surface area contributed by atoms with Gasteiger partial charge in [-0.25, -0.2) is 4.98 Å². The largest absolute Gasteiger partial charge is 0.357 e. The Balaban J connectivity index is 2.30. The summed E-state index contributed by atoms with van der Waals surface area (Å²) in [5.41, 5.74) is 0. The van der Waals surface area contributed by atoms with Crippen molar-refractivity contribution >= 4 is 29.7 Å². The average Bonchev–Trinajstić information content (AvgIpc) is 2.38. The third-order valence-corrected chi connectivity index (χ3v) is 2.60. The maximum Gasteiger partial charge on any atom is 0.229 e. The lowest BCUT2D eigenvalue weighted by Crippen LogP contribution is -2.34. The molecule has 0 aromatic carbocycles. The van der Waals surface area contributed by atoms with Gasteiger partial charge >= 0.3 is 0 Å². The molecule has 1 aromatic heterocycles. The zero-order valence-electron chi connectivity index (χ0n) is 10.6. The van der Waals surface area contributed by atoms with E-state index in [1.54, 1.807) is 25.1 Å². The third kappa shape index (κ3) is 6.17. The minimum absolute atomic E-state index is 0.134. The van der Waals surface area contributed by atoms with Gasteiger partial charge in [-0.3, -0.25) is 9.59 Å². The van der Waals surface area contributed by atoms with Gasteiger partial charge < -0.3 is 16.0 Å². The molecule has 104 valence electrons. The molecule has 1 unspecified atom stereocenters. The van der Waals surface area contributed by atoms with E-state index in [0.29, 0.717) is 37.0 Å². The first-order valence-corrected chi connectivity index (χ1v) is 6.32. The van der Waals surface area contributed by atoms with Crippen LogP contribution in [0.5, 0.6) is 0 Å². The lowest BCUT2D eigenvalue weighted by molar-refractivity contribution is -0.119. The molecule has 1 rings (SSSR count). The highest BCUT2D eigenvalue weighted by Gasteiger charge is 2.12. The van der Waals surface area contributed by atoms with Crippen molar-refractivity contribution in [3.8, 4) is 0 Å². The number of anilines is 1. The monoisotopic (exact) mass is 284 g/mol. The number of halogens is 1. The van der Waals surface area contributed by atoms with Crippen molar-refractivity contribution in [2.24, 2.45) is 5.92 Å². The fourth-order valence-electron chi connectivity index (χ4n) is 1.36. The van der Waals surface area contributed by atoms with Crippen LogP contribution >= 0.6 is 11.6 Å². The third-order valence-electron chi connectivity index (χ3n) is 2.39. The van der Waals surface area contributed by atoms with E-state index in [1.165, 1.54) is 0 Å². The molecule has 1 aromatic rings. The molecule has 1 heterocycles. The number of hydrogen-bond acceptors (Lipinski definition) is 4. The predicted molar refractivity (Wildman–Crippen MR) is 74.0 cm³/mol. The second-order valence-electron chi connectivity index (χ2n) is 4.01. The van der Waals surface area contributed by atoms with E-state index < -0.39 is 0 Å². The van der Waals surface area contributed by atoms with Gasteiger partial charge in [0.2, 0.25) is 12.3 Å². The molecule has 7 heteroatoms. The van der Waals surface area contributed by atoms with E-state index >= 15 is 0 Å². The molecule has 1 atom stereocenters. The normalized spacial score (nSPS) is 11.7. The molecular formula is C12H17ClN4O2. The quantitative estimate of drug-likeness (QED) is 0.372. The number of aromatic nitrogens is 1. The Morgan fingerprint density at radius 3 is 2.95 bits per heavy atom. The number of pyridine rings is 1. The molecule has 0 aliphatic heterocycles. The highest BCUT2D eigenvalue weighted by atomic mass is 35.5. The minimum atomic E-state index is -0.211. The summed E-state index contributed by atoms with van der Waals surface area (Å²) in [5.74, 6) is 0.0922. The summed E-state index contributed by atoms with van der Waals surface area (Å²) in [6.45, 7) is 3.48. The molecule has 0 saturated heterocycles. The molecular weight excluding hydrogens is 268 g/mol. The van der Waals surface area contributed by atoms with Crippen molar-refractivity contribution in [2.75, 3.05) is 25.0 Å². The number of carbonyl (C=O) groups excluding carboxylic acids is 2. The van der Waals surface area contributed by atoms with E-state index in [1.807, 2.05) is 0 Å². The highest BCUT2D eigenvalue weighted by molar-refractivity contribution is 6.29. The van der Waals surface area contributed by atoms with Crippen LogP contribution in [0.2, 0.25) is 5.15 Å². The van der Waals surface area contributed by atoms with Crippen molar-refractivity contribution in [2.45, 2.75) is 6.92 Å². The first kappa shape index (κ1) is 15.4. The summed E-state index contributed by atoms with van der Waals surface area (Å²) in [6, 6.07) is 5.04. The maximum atomic E-state index is 11.8. The molecule has 0 radical (unpaired) electrons. The van der Waals surface area contributed by atoms with E-state index in [-0.39, 0.29) is 11.8 Å². The van der Waals surface area contributed by atoms with Gasteiger partial charge in [-0.05, 0) is 12.1 Å². The van der Waals surface area contributed by atoms with Gasteiger partial charge in [-0.2, -0.15) is 0 Å². The molecule has 0 bridgehead atoms.